The molecule has 0 saturated carbocycles. The van der Waals surface area contributed by atoms with Crippen molar-refractivity contribution in [3.05, 3.63) is 0 Å². The van der Waals surface area contributed by atoms with Crippen LogP contribution in [0.1, 0.15) is 19.8 Å². The number of rotatable bonds is 5. The SMILES string of the molecule is CCCCN(C)C(O)C(=O)OC. The van der Waals surface area contributed by atoms with Crippen LogP contribution in [-0.2, 0) is 9.53 Å². The highest BCUT2D eigenvalue weighted by molar-refractivity contribution is 5.73. The Hall–Kier alpha value is -0.610. The van der Waals surface area contributed by atoms with Gasteiger partial charge in [-0.25, -0.2) is 4.79 Å². The molecular formula is C8H17NO3. The van der Waals surface area contributed by atoms with Crippen molar-refractivity contribution >= 4 is 5.97 Å². The summed E-state index contributed by atoms with van der Waals surface area (Å²) < 4.78 is 4.38. The van der Waals surface area contributed by atoms with E-state index in [1.54, 1.807) is 11.9 Å². The molecule has 0 saturated heterocycles. The highest BCUT2D eigenvalue weighted by Gasteiger charge is 2.19. The molecule has 0 aliphatic heterocycles. The quantitative estimate of drug-likeness (QED) is 0.479. The molecule has 1 atom stereocenters. The zero-order valence-corrected chi connectivity index (χ0v) is 7.91. The normalized spacial score (nSPS) is 13.1. The summed E-state index contributed by atoms with van der Waals surface area (Å²) in [7, 11) is 2.95. The van der Waals surface area contributed by atoms with Crippen LogP contribution in [0.3, 0.4) is 0 Å². The van der Waals surface area contributed by atoms with Gasteiger partial charge in [0.05, 0.1) is 7.11 Å². The summed E-state index contributed by atoms with van der Waals surface area (Å²) in [6.07, 6.45) is 0.879. The first-order valence-corrected chi connectivity index (χ1v) is 4.09. The van der Waals surface area contributed by atoms with Crippen molar-refractivity contribution < 1.29 is 14.6 Å². The summed E-state index contributed by atoms with van der Waals surface area (Å²) in [5, 5.41) is 9.26. The minimum Gasteiger partial charge on any atom is -0.466 e. The predicted octanol–water partition coefficient (Wildman–Crippen LogP) is 0.210. The van der Waals surface area contributed by atoms with E-state index in [2.05, 4.69) is 11.7 Å². The van der Waals surface area contributed by atoms with Crippen LogP contribution in [0.5, 0.6) is 0 Å². The molecule has 1 N–H and O–H groups in total. The molecule has 1 unspecified atom stereocenters. The smallest absolute Gasteiger partial charge is 0.350 e. The molecule has 4 nitrogen and oxygen atoms in total. The molecule has 0 radical (unpaired) electrons. The Bertz CT molecular complexity index is 138. The largest absolute Gasteiger partial charge is 0.466 e. The number of esters is 1. The Balaban J connectivity index is 3.75. The monoisotopic (exact) mass is 175 g/mol. The third-order valence-electron chi connectivity index (χ3n) is 1.69. The first kappa shape index (κ1) is 11.4. The third kappa shape index (κ3) is 3.69. The maximum atomic E-state index is 10.8. The summed E-state index contributed by atoms with van der Waals surface area (Å²) in [5.41, 5.74) is 0. The van der Waals surface area contributed by atoms with Gasteiger partial charge in [-0.1, -0.05) is 13.3 Å². The van der Waals surface area contributed by atoms with Gasteiger partial charge in [0.2, 0.25) is 6.23 Å². The lowest BCUT2D eigenvalue weighted by atomic mass is 10.3. The standard InChI is InChI=1S/C8H17NO3/c1-4-5-6-9(2)7(10)8(11)12-3/h7,10H,4-6H2,1-3H3. The van der Waals surface area contributed by atoms with Crippen molar-refractivity contribution in [2.24, 2.45) is 0 Å². The number of unbranched alkanes of at least 4 members (excludes halogenated alkanes) is 1. The van der Waals surface area contributed by atoms with E-state index in [9.17, 15) is 9.90 Å². The van der Waals surface area contributed by atoms with Gasteiger partial charge in [0, 0.05) is 6.54 Å². The Morgan fingerprint density at radius 2 is 2.25 bits per heavy atom. The van der Waals surface area contributed by atoms with Crippen molar-refractivity contribution in [3.63, 3.8) is 0 Å². The molecule has 12 heavy (non-hydrogen) atoms. The summed E-state index contributed by atoms with van der Waals surface area (Å²) in [4.78, 5) is 12.4. The number of hydrogen-bond donors (Lipinski definition) is 1. The molecule has 72 valence electrons. The third-order valence-corrected chi connectivity index (χ3v) is 1.69. The Morgan fingerprint density at radius 3 is 2.67 bits per heavy atom. The van der Waals surface area contributed by atoms with Crippen molar-refractivity contribution in [3.8, 4) is 0 Å². The molecule has 0 amide bonds. The van der Waals surface area contributed by atoms with Crippen LogP contribution >= 0.6 is 0 Å². The molecule has 0 heterocycles. The van der Waals surface area contributed by atoms with Crippen LogP contribution in [0.4, 0.5) is 0 Å². The van der Waals surface area contributed by atoms with E-state index in [0.717, 1.165) is 12.8 Å². The van der Waals surface area contributed by atoms with Crippen LogP contribution < -0.4 is 0 Å². The number of carbonyl (C=O) groups excluding carboxylic acids is 1. The van der Waals surface area contributed by atoms with Crippen LogP contribution in [0.25, 0.3) is 0 Å². The van der Waals surface area contributed by atoms with Crippen molar-refractivity contribution in [1.82, 2.24) is 4.90 Å². The summed E-state index contributed by atoms with van der Waals surface area (Å²) in [6, 6.07) is 0. The number of aliphatic hydroxyl groups is 1. The van der Waals surface area contributed by atoms with E-state index in [4.69, 9.17) is 0 Å². The topological polar surface area (TPSA) is 49.8 Å². The Morgan fingerprint density at radius 1 is 1.67 bits per heavy atom. The predicted molar refractivity (Wildman–Crippen MR) is 45.6 cm³/mol. The fourth-order valence-corrected chi connectivity index (χ4v) is 0.815. The van der Waals surface area contributed by atoms with Gasteiger partial charge in [-0.2, -0.15) is 0 Å². The van der Waals surface area contributed by atoms with Crippen molar-refractivity contribution in [2.45, 2.75) is 26.0 Å². The minimum atomic E-state index is -1.12. The number of carbonyl (C=O) groups is 1. The van der Waals surface area contributed by atoms with Gasteiger partial charge >= 0.3 is 5.97 Å². The van der Waals surface area contributed by atoms with Crippen LogP contribution in [0, 0.1) is 0 Å². The number of hydrogen-bond acceptors (Lipinski definition) is 4. The molecule has 4 heteroatoms. The van der Waals surface area contributed by atoms with E-state index < -0.39 is 12.2 Å². The first-order chi connectivity index (χ1) is 5.63. The molecule has 0 spiro atoms. The van der Waals surface area contributed by atoms with Gasteiger partial charge < -0.3 is 9.84 Å². The van der Waals surface area contributed by atoms with E-state index in [0.29, 0.717) is 6.54 Å². The van der Waals surface area contributed by atoms with Gasteiger partial charge in [-0.05, 0) is 13.5 Å². The van der Waals surface area contributed by atoms with Crippen LogP contribution in [0.15, 0.2) is 0 Å². The zero-order valence-electron chi connectivity index (χ0n) is 7.91. The Kier molecular flexibility index (Phi) is 5.66. The summed E-state index contributed by atoms with van der Waals surface area (Å²) >= 11 is 0. The van der Waals surface area contributed by atoms with Crippen molar-refractivity contribution in [1.29, 1.82) is 0 Å². The van der Waals surface area contributed by atoms with Gasteiger partial charge in [0.25, 0.3) is 0 Å². The minimum absolute atomic E-state index is 0.603. The van der Waals surface area contributed by atoms with Crippen molar-refractivity contribution in [2.75, 3.05) is 20.7 Å². The van der Waals surface area contributed by atoms with Gasteiger partial charge in [-0.3, -0.25) is 4.90 Å². The molecule has 0 bridgehead atoms. The second kappa shape index (κ2) is 5.97. The summed E-state index contributed by atoms with van der Waals surface area (Å²) in [6.45, 7) is 2.76. The first-order valence-electron chi connectivity index (χ1n) is 4.09. The molecule has 0 aliphatic rings. The maximum Gasteiger partial charge on any atom is 0.350 e. The lowest BCUT2D eigenvalue weighted by Gasteiger charge is -2.20. The lowest BCUT2D eigenvalue weighted by molar-refractivity contribution is -0.160. The second-order valence-electron chi connectivity index (χ2n) is 2.73. The maximum absolute atomic E-state index is 10.8. The molecule has 0 aromatic heterocycles. The lowest BCUT2D eigenvalue weighted by Crippen LogP contribution is -2.39. The average molecular weight is 175 g/mol. The van der Waals surface area contributed by atoms with Crippen LogP contribution in [-0.4, -0.2) is 42.9 Å². The molecule has 0 aromatic rings. The number of likely N-dealkylation sites (N-methyl/N-ethyl adjacent to an activating group) is 1. The highest BCUT2D eigenvalue weighted by atomic mass is 16.5. The average Bonchev–Trinajstić information content (AvgIpc) is 2.11. The number of ether oxygens (including phenoxy) is 1. The molecule has 0 aromatic carbocycles. The van der Waals surface area contributed by atoms with Crippen LogP contribution in [0.2, 0.25) is 0 Å². The Labute approximate surface area is 73.1 Å². The van der Waals surface area contributed by atoms with Gasteiger partial charge in [-0.15, -0.1) is 0 Å². The van der Waals surface area contributed by atoms with E-state index in [1.165, 1.54) is 7.11 Å². The van der Waals surface area contributed by atoms with Gasteiger partial charge in [0.1, 0.15) is 0 Å². The fourth-order valence-electron chi connectivity index (χ4n) is 0.815. The second-order valence-corrected chi connectivity index (χ2v) is 2.73. The number of nitrogens with zero attached hydrogens (tertiary/aromatic N) is 1. The molecular weight excluding hydrogens is 158 g/mol. The number of aliphatic hydroxyl groups excluding tert-OH is 1. The highest BCUT2D eigenvalue weighted by Crippen LogP contribution is 1.97. The van der Waals surface area contributed by atoms with E-state index >= 15 is 0 Å². The zero-order chi connectivity index (χ0) is 9.56. The molecule has 0 rings (SSSR count). The van der Waals surface area contributed by atoms with Gasteiger partial charge in [0.15, 0.2) is 0 Å². The summed E-state index contributed by atoms with van der Waals surface area (Å²) in [5.74, 6) is -0.603. The fraction of sp³-hybridized carbons (Fsp3) is 0.875. The van der Waals surface area contributed by atoms with E-state index in [-0.39, 0.29) is 0 Å². The molecule has 0 fully saturated rings. The number of methoxy groups -OCH3 is 1. The van der Waals surface area contributed by atoms with E-state index in [1.807, 2.05) is 0 Å². The molecule has 0 aliphatic carbocycles.